The highest BCUT2D eigenvalue weighted by Gasteiger charge is 1.91. The molecular weight excluding hydrogens is 222 g/mol. The number of halogens is 1. The summed E-state index contributed by atoms with van der Waals surface area (Å²) in [5.41, 5.74) is 1.34. The van der Waals surface area contributed by atoms with E-state index in [1.54, 1.807) is 0 Å². The molecule has 0 aromatic heterocycles. The minimum absolute atomic E-state index is 0. The number of ether oxygens (including phenoxy) is 1. The van der Waals surface area contributed by atoms with E-state index in [2.05, 4.69) is 30.4 Å². The summed E-state index contributed by atoms with van der Waals surface area (Å²) in [5.74, 6) is 0.932. The highest BCUT2D eigenvalue weighted by Crippen LogP contribution is 2.12. The third kappa shape index (κ3) is 5.79. The van der Waals surface area contributed by atoms with Crippen molar-refractivity contribution in [2.45, 2.75) is 13.3 Å². The largest absolute Gasteiger partial charge is 0.490 e. The molecule has 0 heterocycles. The summed E-state index contributed by atoms with van der Waals surface area (Å²) >= 11 is 0. The lowest BCUT2D eigenvalue weighted by atomic mass is 10.2. The summed E-state index contributed by atoms with van der Waals surface area (Å²) in [7, 11) is 1.93. The summed E-state index contributed by atoms with van der Waals surface area (Å²) < 4.78 is 5.54. The third-order valence-electron chi connectivity index (χ3n) is 2.17. The van der Waals surface area contributed by atoms with Crippen molar-refractivity contribution in [2.24, 2.45) is 0 Å². The van der Waals surface area contributed by atoms with Crippen LogP contribution in [0.25, 0.3) is 0 Å². The van der Waals surface area contributed by atoms with E-state index in [1.807, 2.05) is 25.3 Å². The van der Waals surface area contributed by atoms with Gasteiger partial charge in [-0.2, -0.15) is 0 Å². The summed E-state index contributed by atoms with van der Waals surface area (Å²) in [4.78, 5) is 0. The Morgan fingerprint density at radius 1 is 1.19 bits per heavy atom. The minimum atomic E-state index is 0. The molecule has 0 bridgehead atoms. The average molecular weight is 242 g/mol. The molecule has 0 radical (unpaired) electrons. The van der Waals surface area contributed by atoms with Gasteiger partial charge in [-0.1, -0.05) is 31.2 Å². The highest BCUT2D eigenvalue weighted by atomic mass is 35.5. The number of hydrogen-bond donors (Lipinski definition) is 1. The number of likely N-dealkylation sites (N-methyl/N-ethyl adjacent to an activating group) is 1. The van der Waals surface area contributed by atoms with Crippen LogP contribution in [0, 0.1) is 0 Å². The highest BCUT2D eigenvalue weighted by molar-refractivity contribution is 5.85. The first-order chi connectivity index (χ1) is 7.36. The lowest BCUT2D eigenvalue weighted by Crippen LogP contribution is -2.04. The maximum absolute atomic E-state index is 5.54. The van der Waals surface area contributed by atoms with E-state index in [0.717, 1.165) is 18.7 Å². The number of hydrogen-bond acceptors (Lipinski definition) is 2. The molecule has 1 aromatic carbocycles. The van der Waals surface area contributed by atoms with Crippen LogP contribution in [-0.2, 0) is 6.42 Å². The lowest BCUT2D eigenvalue weighted by Gasteiger charge is -2.03. The standard InChI is InChI=1S/C13H19NO.ClH/c1-3-12-6-8-13(9-7-12)15-11-5-4-10-14-2;/h4-9,14H,3,10-11H2,1-2H3;1H. The van der Waals surface area contributed by atoms with Gasteiger partial charge in [0.05, 0.1) is 0 Å². The molecule has 0 amide bonds. The maximum Gasteiger partial charge on any atom is 0.119 e. The Morgan fingerprint density at radius 2 is 1.88 bits per heavy atom. The second-order valence-electron chi connectivity index (χ2n) is 3.34. The Bertz CT molecular complexity index is 295. The molecule has 0 spiro atoms. The smallest absolute Gasteiger partial charge is 0.119 e. The Balaban J connectivity index is 0.00000225. The first kappa shape index (κ1) is 15.0. The zero-order chi connectivity index (χ0) is 10.9. The first-order valence-corrected chi connectivity index (χ1v) is 5.38. The van der Waals surface area contributed by atoms with Crippen molar-refractivity contribution in [3.05, 3.63) is 42.0 Å². The second kappa shape index (κ2) is 9.25. The van der Waals surface area contributed by atoms with Gasteiger partial charge in [0, 0.05) is 6.54 Å². The van der Waals surface area contributed by atoms with Crippen molar-refractivity contribution in [1.29, 1.82) is 0 Å². The van der Waals surface area contributed by atoms with Crippen LogP contribution in [0.1, 0.15) is 12.5 Å². The van der Waals surface area contributed by atoms with Crippen LogP contribution in [0.2, 0.25) is 0 Å². The van der Waals surface area contributed by atoms with E-state index in [0.29, 0.717) is 6.61 Å². The minimum Gasteiger partial charge on any atom is -0.490 e. The van der Waals surface area contributed by atoms with E-state index in [1.165, 1.54) is 5.56 Å². The van der Waals surface area contributed by atoms with E-state index in [-0.39, 0.29) is 12.4 Å². The van der Waals surface area contributed by atoms with Gasteiger partial charge in [0.25, 0.3) is 0 Å². The molecule has 0 unspecified atom stereocenters. The Hall–Kier alpha value is -0.990. The Labute approximate surface area is 104 Å². The molecule has 0 saturated heterocycles. The number of rotatable bonds is 6. The molecule has 3 heteroatoms. The van der Waals surface area contributed by atoms with Crippen LogP contribution >= 0.6 is 12.4 Å². The summed E-state index contributed by atoms with van der Waals surface area (Å²) in [6.45, 7) is 3.67. The van der Waals surface area contributed by atoms with Crippen molar-refractivity contribution in [3.63, 3.8) is 0 Å². The van der Waals surface area contributed by atoms with Crippen LogP contribution in [0.15, 0.2) is 36.4 Å². The van der Waals surface area contributed by atoms with Crippen LogP contribution in [-0.4, -0.2) is 20.2 Å². The predicted octanol–water partition coefficient (Wildman–Crippen LogP) is 2.83. The molecule has 0 atom stereocenters. The Kier molecular flexibility index (Phi) is 8.68. The third-order valence-corrected chi connectivity index (χ3v) is 2.17. The van der Waals surface area contributed by atoms with E-state index in [9.17, 15) is 0 Å². The molecule has 1 rings (SSSR count). The summed E-state index contributed by atoms with van der Waals surface area (Å²) in [6, 6.07) is 8.24. The molecule has 0 aliphatic heterocycles. The van der Waals surface area contributed by atoms with Gasteiger partial charge in [0.1, 0.15) is 12.4 Å². The molecule has 0 fully saturated rings. The molecule has 0 aliphatic carbocycles. The van der Waals surface area contributed by atoms with Crippen LogP contribution in [0.5, 0.6) is 5.75 Å². The zero-order valence-corrected chi connectivity index (χ0v) is 10.7. The Morgan fingerprint density at radius 3 is 2.44 bits per heavy atom. The number of aryl methyl sites for hydroxylation is 1. The van der Waals surface area contributed by atoms with Gasteiger partial charge in [-0.3, -0.25) is 0 Å². The fourth-order valence-corrected chi connectivity index (χ4v) is 1.23. The lowest BCUT2D eigenvalue weighted by molar-refractivity contribution is 0.362. The van der Waals surface area contributed by atoms with Gasteiger partial charge >= 0.3 is 0 Å². The monoisotopic (exact) mass is 241 g/mol. The SMILES string of the molecule is CCc1ccc(OCC=CCNC)cc1.Cl. The quantitative estimate of drug-likeness (QED) is 0.774. The predicted molar refractivity (Wildman–Crippen MR) is 71.6 cm³/mol. The topological polar surface area (TPSA) is 21.3 Å². The van der Waals surface area contributed by atoms with Gasteiger partial charge < -0.3 is 10.1 Å². The molecule has 2 nitrogen and oxygen atoms in total. The first-order valence-electron chi connectivity index (χ1n) is 5.38. The van der Waals surface area contributed by atoms with Crippen LogP contribution in [0.4, 0.5) is 0 Å². The molecule has 1 aromatic rings. The fraction of sp³-hybridized carbons (Fsp3) is 0.385. The van der Waals surface area contributed by atoms with Gasteiger partial charge in [0.2, 0.25) is 0 Å². The van der Waals surface area contributed by atoms with E-state index < -0.39 is 0 Å². The number of nitrogens with one attached hydrogen (secondary N) is 1. The van der Waals surface area contributed by atoms with Crippen molar-refractivity contribution in [3.8, 4) is 5.75 Å². The number of benzene rings is 1. The van der Waals surface area contributed by atoms with Gasteiger partial charge in [-0.15, -0.1) is 12.4 Å². The fourth-order valence-electron chi connectivity index (χ4n) is 1.23. The molecule has 0 saturated carbocycles. The molecule has 90 valence electrons. The van der Waals surface area contributed by atoms with E-state index in [4.69, 9.17) is 4.74 Å². The molecule has 16 heavy (non-hydrogen) atoms. The van der Waals surface area contributed by atoms with Gasteiger partial charge in [-0.05, 0) is 31.2 Å². The van der Waals surface area contributed by atoms with Gasteiger partial charge in [-0.25, -0.2) is 0 Å². The van der Waals surface area contributed by atoms with Crippen molar-refractivity contribution < 1.29 is 4.74 Å². The molecule has 1 N–H and O–H groups in total. The van der Waals surface area contributed by atoms with Crippen molar-refractivity contribution in [2.75, 3.05) is 20.2 Å². The van der Waals surface area contributed by atoms with E-state index >= 15 is 0 Å². The molecular formula is C13H20ClNO. The maximum atomic E-state index is 5.54. The normalized spacial score (nSPS) is 10.1. The van der Waals surface area contributed by atoms with Crippen molar-refractivity contribution in [1.82, 2.24) is 5.32 Å². The molecule has 0 aliphatic rings. The average Bonchev–Trinajstić information content (AvgIpc) is 2.30. The summed E-state index contributed by atoms with van der Waals surface area (Å²) in [5, 5.41) is 3.04. The van der Waals surface area contributed by atoms with Gasteiger partial charge in [0.15, 0.2) is 0 Å². The second-order valence-corrected chi connectivity index (χ2v) is 3.34. The van der Waals surface area contributed by atoms with Crippen LogP contribution < -0.4 is 10.1 Å². The van der Waals surface area contributed by atoms with Crippen LogP contribution in [0.3, 0.4) is 0 Å². The zero-order valence-electron chi connectivity index (χ0n) is 9.90. The summed E-state index contributed by atoms with van der Waals surface area (Å²) in [6.07, 6.45) is 5.15. The van der Waals surface area contributed by atoms with Crippen molar-refractivity contribution >= 4 is 12.4 Å².